The molecule has 1 amide bonds. The molecule has 32 heavy (non-hydrogen) atoms. The molecular weight excluding hydrogens is 406 g/mol. The Kier molecular flexibility index (Phi) is 8.00. The number of aliphatic hydroxyl groups is 1. The highest BCUT2D eigenvalue weighted by Crippen LogP contribution is 2.39. The van der Waals surface area contributed by atoms with E-state index in [1.54, 1.807) is 29.4 Å². The third kappa shape index (κ3) is 4.99. The van der Waals surface area contributed by atoms with Crippen molar-refractivity contribution in [2.75, 3.05) is 32.8 Å². The van der Waals surface area contributed by atoms with E-state index >= 15 is 0 Å². The maximum absolute atomic E-state index is 13.0. The lowest BCUT2D eigenvalue weighted by Crippen LogP contribution is -2.38. The third-order valence-corrected chi connectivity index (χ3v) is 5.71. The van der Waals surface area contributed by atoms with E-state index in [1.807, 2.05) is 31.2 Å². The van der Waals surface area contributed by atoms with Crippen molar-refractivity contribution in [3.05, 3.63) is 65.5 Å². The fourth-order valence-corrected chi connectivity index (χ4v) is 3.88. The summed E-state index contributed by atoms with van der Waals surface area (Å²) in [5.41, 5.74) is 1.31. The van der Waals surface area contributed by atoms with Crippen molar-refractivity contribution in [2.45, 2.75) is 33.2 Å². The van der Waals surface area contributed by atoms with Gasteiger partial charge in [-0.25, -0.2) is 0 Å². The van der Waals surface area contributed by atoms with Crippen molar-refractivity contribution in [1.82, 2.24) is 14.8 Å². The number of likely N-dealkylation sites (N-methyl/N-ethyl adjacent to an activating group) is 1. The molecule has 0 saturated carbocycles. The number of benzene rings is 1. The van der Waals surface area contributed by atoms with E-state index in [-0.39, 0.29) is 11.3 Å². The second-order valence-corrected chi connectivity index (χ2v) is 7.67. The quantitative estimate of drug-likeness (QED) is 0.347. The first-order valence-corrected chi connectivity index (χ1v) is 11.2. The molecule has 2 heterocycles. The van der Waals surface area contributed by atoms with E-state index in [1.165, 1.54) is 0 Å². The summed E-state index contributed by atoms with van der Waals surface area (Å²) in [4.78, 5) is 33.8. The van der Waals surface area contributed by atoms with Gasteiger partial charge in [0.1, 0.15) is 11.5 Å². The fraction of sp³-hybridized carbons (Fsp3) is 0.400. The van der Waals surface area contributed by atoms with Crippen LogP contribution >= 0.6 is 0 Å². The predicted molar refractivity (Wildman–Crippen MR) is 123 cm³/mol. The van der Waals surface area contributed by atoms with Crippen LogP contribution in [0.2, 0.25) is 0 Å². The average molecular weight is 438 g/mol. The number of Topliss-reactive ketones (excluding diaryl/α,β-unsaturated/α-hetero) is 1. The minimum absolute atomic E-state index is 0.1000. The van der Waals surface area contributed by atoms with Crippen molar-refractivity contribution >= 4 is 17.4 Å². The highest BCUT2D eigenvalue weighted by atomic mass is 16.5. The normalized spacial score (nSPS) is 17.9. The fourth-order valence-electron chi connectivity index (χ4n) is 3.88. The molecule has 1 unspecified atom stereocenters. The van der Waals surface area contributed by atoms with Crippen LogP contribution < -0.4 is 4.74 Å². The van der Waals surface area contributed by atoms with Gasteiger partial charge in [-0.15, -0.1) is 0 Å². The molecule has 1 saturated heterocycles. The zero-order chi connectivity index (χ0) is 23.1. The molecular formula is C25H31N3O4. The second kappa shape index (κ2) is 10.9. The Balaban J connectivity index is 2.03. The maximum Gasteiger partial charge on any atom is 0.295 e. The highest BCUT2D eigenvalue weighted by molar-refractivity contribution is 6.46. The molecule has 1 fully saturated rings. The van der Waals surface area contributed by atoms with Crippen LogP contribution in [0.25, 0.3) is 5.76 Å². The van der Waals surface area contributed by atoms with E-state index in [4.69, 9.17) is 4.74 Å². The van der Waals surface area contributed by atoms with E-state index in [2.05, 4.69) is 23.7 Å². The van der Waals surface area contributed by atoms with Crippen LogP contribution in [-0.4, -0.2) is 64.4 Å². The van der Waals surface area contributed by atoms with Crippen molar-refractivity contribution < 1.29 is 19.4 Å². The Bertz CT molecular complexity index is 953. The summed E-state index contributed by atoms with van der Waals surface area (Å²) in [6, 6.07) is 9.95. The molecule has 1 atom stereocenters. The average Bonchev–Trinajstić information content (AvgIpc) is 3.08. The molecule has 0 aliphatic carbocycles. The van der Waals surface area contributed by atoms with Crippen LogP contribution in [0.4, 0.5) is 0 Å². The Labute approximate surface area is 189 Å². The first kappa shape index (κ1) is 23.5. The third-order valence-electron chi connectivity index (χ3n) is 5.71. The van der Waals surface area contributed by atoms with Crippen LogP contribution in [0.5, 0.6) is 5.75 Å². The number of carbonyl (C=O) groups excluding carboxylic acids is 2. The number of ether oxygens (including phenoxy) is 1. The smallest absolute Gasteiger partial charge is 0.295 e. The number of pyridine rings is 1. The molecule has 0 spiro atoms. The van der Waals surface area contributed by atoms with Gasteiger partial charge in [0.05, 0.1) is 18.2 Å². The molecule has 2 aromatic rings. The summed E-state index contributed by atoms with van der Waals surface area (Å²) in [5, 5.41) is 11.0. The van der Waals surface area contributed by atoms with Gasteiger partial charge in [-0.2, -0.15) is 0 Å². The van der Waals surface area contributed by atoms with Gasteiger partial charge in [-0.05, 0) is 49.3 Å². The van der Waals surface area contributed by atoms with E-state index in [0.717, 1.165) is 30.8 Å². The number of carbonyl (C=O) groups is 2. The number of likely N-dealkylation sites (tertiary alicyclic amines) is 1. The van der Waals surface area contributed by atoms with Gasteiger partial charge in [0.2, 0.25) is 0 Å². The summed E-state index contributed by atoms with van der Waals surface area (Å²) in [6.07, 6.45) is 3.99. The lowest BCUT2D eigenvalue weighted by molar-refractivity contribution is -0.140. The molecule has 0 radical (unpaired) electrons. The zero-order valence-corrected chi connectivity index (χ0v) is 19.0. The number of amides is 1. The Hall–Kier alpha value is -3.19. The first-order chi connectivity index (χ1) is 15.5. The van der Waals surface area contributed by atoms with Crippen molar-refractivity contribution in [3.63, 3.8) is 0 Å². The van der Waals surface area contributed by atoms with E-state index in [9.17, 15) is 14.7 Å². The van der Waals surface area contributed by atoms with Crippen LogP contribution in [0.3, 0.4) is 0 Å². The number of rotatable bonds is 10. The minimum Gasteiger partial charge on any atom is -0.507 e. The summed E-state index contributed by atoms with van der Waals surface area (Å²) in [6.45, 7) is 9.51. The number of hydrogen-bond donors (Lipinski definition) is 1. The number of aromatic nitrogens is 1. The summed E-state index contributed by atoms with van der Waals surface area (Å²) in [5.74, 6) is -0.725. The van der Waals surface area contributed by atoms with E-state index in [0.29, 0.717) is 25.3 Å². The second-order valence-electron chi connectivity index (χ2n) is 7.67. The maximum atomic E-state index is 13.0. The number of nitrogens with zero attached hydrogens (tertiary/aromatic N) is 3. The van der Waals surface area contributed by atoms with Gasteiger partial charge in [-0.3, -0.25) is 14.6 Å². The van der Waals surface area contributed by atoms with Gasteiger partial charge in [-0.1, -0.05) is 32.9 Å². The Morgan fingerprint density at radius 1 is 1.06 bits per heavy atom. The van der Waals surface area contributed by atoms with Crippen molar-refractivity contribution in [1.29, 1.82) is 0 Å². The Morgan fingerprint density at radius 3 is 2.31 bits per heavy atom. The highest BCUT2D eigenvalue weighted by Gasteiger charge is 2.45. The lowest BCUT2D eigenvalue weighted by Gasteiger charge is -2.28. The monoisotopic (exact) mass is 437 g/mol. The molecule has 1 aromatic carbocycles. The molecule has 7 nitrogen and oxygen atoms in total. The lowest BCUT2D eigenvalue weighted by atomic mass is 9.95. The van der Waals surface area contributed by atoms with Crippen molar-refractivity contribution in [2.24, 2.45) is 0 Å². The zero-order valence-electron chi connectivity index (χ0n) is 19.0. The van der Waals surface area contributed by atoms with Gasteiger partial charge >= 0.3 is 0 Å². The summed E-state index contributed by atoms with van der Waals surface area (Å²) in [7, 11) is 0. The van der Waals surface area contributed by atoms with Crippen molar-refractivity contribution in [3.8, 4) is 5.75 Å². The van der Waals surface area contributed by atoms with Crippen LogP contribution in [0, 0.1) is 0 Å². The number of aliphatic hydroxyl groups excluding tert-OH is 1. The molecule has 170 valence electrons. The first-order valence-electron chi connectivity index (χ1n) is 11.2. The van der Waals surface area contributed by atoms with Crippen LogP contribution in [-0.2, 0) is 9.59 Å². The summed E-state index contributed by atoms with van der Waals surface area (Å²) >= 11 is 0. The molecule has 1 aromatic heterocycles. The Morgan fingerprint density at radius 2 is 1.72 bits per heavy atom. The number of ketones is 1. The van der Waals surface area contributed by atoms with Gasteiger partial charge < -0.3 is 19.6 Å². The molecule has 1 aliphatic heterocycles. The number of hydrogen-bond acceptors (Lipinski definition) is 6. The molecule has 7 heteroatoms. The topological polar surface area (TPSA) is 83.0 Å². The van der Waals surface area contributed by atoms with Gasteiger partial charge in [0.25, 0.3) is 11.7 Å². The van der Waals surface area contributed by atoms with E-state index < -0.39 is 17.7 Å². The predicted octanol–water partition coefficient (Wildman–Crippen LogP) is 3.63. The molecule has 1 aliphatic rings. The van der Waals surface area contributed by atoms with Crippen LogP contribution in [0.1, 0.15) is 44.4 Å². The van der Waals surface area contributed by atoms with Crippen LogP contribution in [0.15, 0.2) is 54.4 Å². The molecule has 3 rings (SSSR count). The summed E-state index contributed by atoms with van der Waals surface area (Å²) < 4.78 is 5.67. The minimum atomic E-state index is -0.671. The molecule has 1 N–H and O–H groups in total. The standard InChI is InChI=1S/C25H31N3O4/c1-4-17-32-20-9-7-18(8-10-20)22-21(23(29)19-11-13-26-14-12-19)24(30)25(31)28(22)16-15-27(5-2)6-3/h7-14,22,29H,4-6,15-17H2,1-3H3/b23-21+. The largest absolute Gasteiger partial charge is 0.507 e. The van der Waals surface area contributed by atoms with Gasteiger partial charge in [0.15, 0.2) is 0 Å². The molecule has 0 bridgehead atoms. The van der Waals surface area contributed by atoms with Gasteiger partial charge in [0, 0.05) is 31.0 Å². The SMILES string of the molecule is CCCOc1ccc(C2/C(=C(\O)c3ccncc3)C(=O)C(=O)N2CCN(CC)CC)cc1.